The Bertz CT molecular complexity index is 551. The van der Waals surface area contributed by atoms with Crippen LogP contribution in [-0.2, 0) is 4.79 Å². The lowest BCUT2D eigenvalue weighted by Crippen LogP contribution is -2.45. The van der Waals surface area contributed by atoms with Crippen LogP contribution in [0.4, 0.5) is 0 Å². The summed E-state index contributed by atoms with van der Waals surface area (Å²) < 4.78 is 5.72. The highest BCUT2D eigenvalue weighted by atomic mass is 16.5. The molecular weight excluding hydrogens is 304 g/mol. The Hall–Kier alpha value is -2.04. The zero-order chi connectivity index (χ0) is 17.4. The first kappa shape index (κ1) is 18.3. The molecular formula is C19H28N2O3. The maximum atomic E-state index is 12.3. The fraction of sp³-hybridized carbons (Fsp3) is 0.579. The van der Waals surface area contributed by atoms with Gasteiger partial charge in [0.25, 0.3) is 5.91 Å². The molecule has 1 aliphatic carbocycles. The second-order valence-electron chi connectivity index (χ2n) is 6.81. The molecule has 132 valence electrons. The van der Waals surface area contributed by atoms with Gasteiger partial charge < -0.3 is 4.74 Å². The molecule has 0 aliphatic heterocycles. The highest BCUT2D eigenvalue weighted by Gasteiger charge is 2.22. The van der Waals surface area contributed by atoms with Gasteiger partial charge in [0, 0.05) is 5.92 Å². The first-order chi connectivity index (χ1) is 11.6. The topological polar surface area (TPSA) is 67.4 Å². The molecule has 0 unspecified atom stereocenters. The van der Waals surface area contributed by atoms with Crippen molar-refractivity contribution in [1.82, 2.24) is 10.9 Å². The number of amides is 2. The fourth-order valence-electron chi connectivity index (χ4n) is 2.84. The average Bonchev–Trinajstić information content (AvgIpc) is 2.60. The Morgan fingerprint density at radius 2 is 1.83 bits per heavy atom. The lowest BCUT2D eigenvalue weighted by Gasteiger charge is -2.21. The van der Waals surface area contributed by atoms with Gasteiger partial charge in [-0.15, -0.1) is 0 Å². The van der Waals surface area contributed by atoms with Crippen LogP contribution in [0.3, 0.4) is 0 Å². The second kappa shape index (κ2) is 9.30. The van der Waals surface area contributed by atoms with E-state index in [1.165, 1.54) is 6.42 Å². The predicted molar refractivity (Wildman–Crippen MR) is 93.6 cm³/mol. The van der Waals surface area contributed by atoms with E-state index in [0.717, 1.165) is 32.1 Å². The number of carbonyl (C=O) groups excluding carboxylic acids is 2. The third-order valence-electron chi connectivity index (χ3n) is 4.36. The first-order valence-electron chi connectivity index (χ1n) is 8.90. The summed E-state index contributed by atoms with van der Waals surface area (Å²) >= 11 is 0. The fourth-order valence-corrected chi connectivity index (χ4v) is 2.84. The van der Waals surface area contributed by atoms with Crippen LogP contribution in [0.5, 0.6) is 5.75 Å². The molecule has 1 aliphatic rings. The summed E-state index contributed by atoms with van der Waals surface area (Å²) in [6.45, 7) is 4.82. The summed E-state index contributed by atoms with van der Waals surface area (Å²) in [5, 5.41) is 0. The van der Waals surface area contributed by atoms with Gasteiger partial charge in [-0.1, -0.05) is 45.2 Å². The monoisotopic (exact) mass is 332 g/mol. The van der Waals surface area contributed by atoms with Crippen LogP contribution < -0.4 is 15.6 Å². The summed E-state index contributed by atoms with van der Waals surface area (Å²) in [5.74, 6) is 0.653. The number of hydrogen-bond acceptors (Lipinski definition) is 3. The highest BCUT2D eigenvalue weighted by molar-refractivity contribution is 5.98. The van der Waals surface area contributed by atoms with Gasteiger partial charge >= 0.3 is 0 Å². The Kier molecular flexibility index (Phi) is 7.09. The van der Waals surface area contributed by atoms with Gasteiger partial charge in [-0.3, -0.25) is 20.4 Å². The number of hydrazine groups is 1. The van der Waals surface area contributed by atoms with E-state index >= 15 is 0 Å². The molecule has 1 saturated carbocycles. The molecule has 5 heteroatoms. The SMILES string of the molecule is CC(C)CCOc1ccccc1C(=O)NNC(=O)C1CCCCC1. The maximum absolute atomic E-state index is 12.3. The van der Waals surface area contributed by atoms with E-state index in [-0.39, 0.29) is 17.7 Å². The summed E-state index contributed by atoms with van der Waals surface area (Å²) in [4.78, 5) is 24.5. The van der Waals surface area contributed by atoms with Gasteiger partial charge in [-0.05, 0) is 37.3 Å². The van der Waals surface area contributed by atoms with Gasteiger partial charge in [-0.2, -0.15) is 0 Å². The smallest absolute Gasteiger partial charge is 0.273 e. The van der Waals surface area contributed by atoms with Crippen LogP contribution in [-0.4, -0.2) is 18.4 Å². The largest absolute Gasteiger partial charge is 0.493 e. The van der Waals surface area contributed by atoms with Crippen molar-refractivity contribution in [2.45, 2.75) is 52.4 Å². The number of ether oxygens (including phenoxy) is 1. The molecule has 1 aromatic rings. The van der Waals surface area contributed by atoms with Gasteiger partial charge in [0.2, 0.25) is 5.91 Å². The second-order valence-corrected chi connectivity index (χ2v) is 6.81. The van der Waals surface area contributed by atoms with E-state index in [1.54, 1.807) is 18.2 Å². The Labute approximate surface area is 144 Å². The Morgan fingerprint density at radius 1 is 1.12 bits per heavy atom. The Morgan fingerprint density at radius 3 is 2.54 bits per heavy atom. The van der Waals surface area contributed by atoms with Gasteiger partial charge in [0.15, 0.2) is 0 Å². The van der Waals surface area contributed by atoms with Crippen LogP contribution in [0.15, 0.2) is 24.3 Å². The van der Waals surface area contributed by atoms with Crippen molar-refractivity contribution >= 4 is 11.8 Å². The van der Waals surface area contributed by atoms with E-state index in [4.69, 9.17) is 4.74 Å². The summed E-state index contributed by atoms with van der Waals surface area (Å²) in [6, 6.07) is 7.10. The number of para-hydroxylation sites is 1. The van der Waals surface area contributed by atoms with Crippen molar-refractivity contribution in [3.8, 4) is 5.75 Å². The molecule has 0 saturated heterocycles. The maximum Gasteiger partial charge on any atom is 0.273 e. The molecule has 0 bridgehead atoms. The number of carbonyl (C=O) groups is 2. The van der Waals surface area contributed by atoms with Crippen LogP contribution in [0.1, 0.15) is 62.7 Å². The number of nitrogens with one attached hydrogen (secondary N) is 2. The molecule has 1 aromatic carbocycles. The third-order valence-corrected chi connectivity index (χ3v) is 4.36. The van der Waals surface area contributed by atoms with Crippen molar-refractivity contribution in [2.24, 2.45) is 11.8 Å². The van der Waals surface area contributed by atoms with E-state index in [1.807, 2.05) is 6.07 Å². The van der Waals surface area contributed by atoms with Crippen molar-refractivity contribution in [3.05, 3.63) is 29.8 Å². The van der Waals surface area contributed by atoms with Crippen molar-refractivity contribution < 1.29 is 14.3 Å². The average molecular weight is 332 g/mol. The van der Waals surface area contributed by atoms with Crippen molar-refractivity contribution in [2.75, 3.05) is 6.61 Å². The molecule has 5 nitrogen and oxygen atoms in total. The van der Waals surface area contributed by atoms with E-state index in [2.05, 4.69) is 24.7 Å². The van der Waals surface area contributed by atoms with Gasteiger partial charge in [-0.25, -0.2) is 0 Å². The zero-order valence-electron chi connectivity index (χ0n) is 14.6. The summed E-state index contributed by atoms with van der Waals surface area (Å²) in [5.41, 5.74) is 5.51. The minimum atomic E-state index is -0.348. The number of rotatable bonds is 6. The molecule has 2 N–H and O–H groups in total. The first-order valence-corrected chi connectivity index (χ1v) is 8.90. The van der Waals surface area contributed by atoms with Crippen LogP contribution in [0.2, 0.25) is 0 Å². The number of benzene rings is 1. The Balaban J connectivity index is 1.88. The summed E-state index contributed by atoms with van der Waals surface area (Å²) in [6.07, 6.45) is 6.08. The standard InChI is InChI=1S/C19H28N2O3/c1-14(2)12-13-24-17-11-7-6-10-16(17)19(23)21-20-18(22)15-8-4-3-5-9-15/h6-7,10-11,14-15H,3-5,8-9,12-13H2,1-2H3,(H,20,22)(H,21,23). The molecule has 24 heavy (non-hydrogen) atoms. The minimum absolute atomic E-state index is 0.0107. The normalized spacial score (nSPS) is 15.1. The van der Waals surface area contributed by atoms with E-state index in [0.29, 0.717) is 23.8 Å². The van der Waals surface area contributed by atoms with Crippen LogP contribution in [0.25, 0.3) is 0 Å². The van der Waals surface area contributed by atoms with Gasteiger partial charge in [0.05, 0.1) is 12.2 Å². The zero-order valence-corrected chi connectivity index (χ0v) is 14.6. The third kappa shape index (κ3) is 5.55. The molecule has 2 rings (SSSR count). The molecule has 0 atom stereocenters. The predicted octanol–water partition coefficient (Wildman–Crippen LogP) is 3.45. The minimum Gasteiger partial charge on any atom is -0.493 e. The highest BCUT2D eigenvalue weighted by Crippen LogP contribution is 2.23. The quantitative estimate of drug-likeness (QED) is 0.784. The van der Waals surface area contributed by atoms with Gasteiger partial charge in [0.1, 0.15) is 5.75 Å². The molecule has 0 aromatic heterocycles. The van der Waals surface area contributed by atoms with E-state index in [9.17, 15) is 9.59 Å². The van der Waals surface area contributed by atoms with Crippen molar-refractivity contribution in [1.29, 1.82) is 0 Å². The van der Waals surface area contributed by atoms with Crippen LogP contribution in [0, 0.1) is 11.8 Å². The lowest BCUT2D eigenvalue weighted by molar-refractivity contribution is -0.126. The summed E-state index contributed by atoms with van der Waals surface area (Å²) in [7, 11) is 0. The van der Waals surface area contributed by atoms with Crippen molar-refractivity contribution in [3.63, 3.8) is 0 Å². The van der Waals surface area contributed by atoms with E-state index < -0.39 is 0 Å². The molecule has 0 radical (unpaired) electrons. The molecule has 0 heterocycles. The molecule has 0 spiro atoms. The van der Waals surface area contributed by atoms with Crippen LogP contribution >= 0.6 is 0 Å². The lowest BCUT2D eigenvalue weighted by atomic mass is 9.89. The molecule has 1 fully saturated rings. The molecule has 2 amide bonds. The number of hydrogen-bond donors (Lipinski definition) is 2.